The summed E-state index contributed by atoms with van der Waals surface area (Å²) in [5.74, 6) is -0.0839. The van der Waals surface area contributed by atoms with Crippen LogP contribution in [0, 0.1) is 6.92 Å². The van der Waals surface area contributed by atoms with Crippen molar-refractivity contribution < 1.29 is 4.79 Å². The first kappa shape index (κ1) is 13.8. The van der Waals surface area contributed by atoms with Crippen LogP contribution in [-0.4, -0.2) is 28.2 Å². The van der Waals surface area contributed by atoms with Gasteiger partial charge in [0.25, 0.3) is 5.91 Å². The van der Waals surface area contributed by atoms with Crippen LogP contribution in [0.3, 0.4) is 0 Å². The summed E-state index contributed by atoms with van der Waals surface area (Å²) in [7, 11) is 0. The fraction of sp³-hybridized carbons (Fsp3) is 0.375. The maximum Gasteiger partial charge on any atom is 0.255 e. The fourth-order valence-corrected chi connectivity index (χ4v) is 2.89. The van der Waals surface area contributed by atoms with Crippen LogP contribution in [0.15, 0.2) is 30.5 Å². The first-order valence-electron chi connectivity index (χ1n) is 7.30. The van der Waals surface area contributed by atoms with Crippen molar-refractivity contribution in [1.82, 2.24) is 15.5 Å². The zero-order valence-electron chi connectivity index (χ0n) is 12.1. The van der Waals surface area contributed by atoms with Gasteiger partial charge >= 0.3 is 0 Å². The lowest BCUT2D eigenvalue weighted by Crippen LogP contribution is -2.34. The molecule has 4 N–H and O–H groups in total. The molecule has 110 valence electrons. The van der Waals surface area contributed by atoms with Gasteiger partial charge in [-0.25, -0.2) is 0 Å². The number of aromatic nitrogens is 2. The number of aryl methyl sites for hydroxylation is 1. The minimum absolute atomic E-state index is 0.0839. The molecule has 21 heavy (non-hydrogen) atoms. The Kier molecular flexibility index (Phi) is 3.75. The number of rotatable bonds is 3. The van der Waals surface area contributed by atoms with E-state index in [4.69, 9.17) is 5.73 Å². The van der Waals surface area contributed by atoms with E-state index in [9.17, 15) is 4.79 Å². The molecule has 1 aliphatic rings. The molecule has 0 saturated heterocycles. The minimum atomic E-state index is -0.0839. The number of carbonyl (C=O) groups excluding carboxylic acids is 1. The van der Waals surface area contributed by atoms with Crippen molar-refractivity contribution in [1.29, 1.82) is 0 Å². The first-order valence-corrected chi connectivity index (χ1v) is 7.30. The molecule has 1 amide bonds. The number of benzene rings is 1. The zero-order chi connectivity index (χ0) is 14.8. The third-order valence-electron chi connectivity index (χ3n) is 4.00. The van der Waals surface area contributed by atoms with Gasteiger partial charge in [-0.3, -0.25) is 9.89 Å². The van der Waals surface area contributed by atoms with E-state index in [-0.39, 0.29) is 18.0 Å². The van der Waals surface area contributed by atoms with E-state index in [1.54, 1.807) is 6.20 Å². The zero-order valence-corrected chi connectivity index (χ0v) is 12.1. The summed E-state index contributed by atoms with van der Waals surface area (Å²) in [4.78, 5) is 12.4. The van der Waals surface area contributed by atoms with Crippen LogP contribution in [0.4, 0.5) is 0 Å². The molecule has 5 heteroatoms. The average molecular weight is 284 g/mol. The molecular weight excluding hydrogens is 264 g/mol. The van der Waals surface area contributed by atoms with E-state index in [2.05, 4.69) is 15.5 Å². The van der Waals surface area contributed by atoms with E-state index >= 15 is 0 Å². The van der Waals surface area contributed by atoms with Gasteiger partial charge in [0, 0.05) is 17.6 Å². The Balaban J connectivity index is 1.80. The molecule has 1 fully saturated rings. The van der Waals surface area contributed by atoms with Gasteiger partial charge in [-0.05, 0) is 32.3 Å². The maximum atomic E-state index is 12.4. The van der Waals surface area contributed by atoms with Crippen molar-refractivity contribution in [3.8, 4) is 11.3 Å². The van der Waals surface area contributed by atoms with Gasteiger partial charge in [0.1, 0.15) is 0 Å². The molecule has 1 aromatic carbocycles. The number of nitrogens with one attached hydrogen (secondary N) is 2. The van der Waals surface area contributed by atoms with Crippen LogP contribution in [0.5, 0.6) is 0 Å². The molecule has 1 heterocycles. The largest absolute Gasteiger partial charge is 0.349 e. The van der Waals surface area contributed by atoms with E-state index in [0.717, 1.165) is 36.1 Å². The van der Waals surface area contributed by atoms with Crippen molar-refractivity contribution in [2.45, 2.75) is 38.3 Å². The normalized spacial score (nSPS) is 21.4. The highest BCUT2D eigenvalue weighted by Gasteiger charge is 2.25. The molecule has 1 saturated carbocycles. The third-order valence-corrected chi connectivity index (χ3v) is 4.00. The Morgan fingerprint density at radius 1 is 1.43 bits per heavy atom. The predicted molar refractivity (Wildman–Crippen MR) is 81.8 cm³/mol. The van der Waals surface area contributed by atoms with Gasteiger partial charge in [0.15, 0.2) is 0 Å². The average Bonchev–Trinajstić information content (AvgIpc) is 3.07. The van der Waals surface area contributed by atoms with Crippen LogP contribution < -0.4 is 11.1 Å². The van der Waals surface area contributed by atoms with E-state index in [1.807, 2.05) is 31.2 Å². The fourth-order valence-electron chi connectivity index (χ4n) is 2.89. The Bertz CT molecular complexity index is 649. The summed E-state index contributed by atoms with van der Waals surface area (Å²) in [5.41, 5.74) is 9.36. The van der Waals surface area contributed by atoms with Crippen LogP contribution in [0.25, 0.3) is 11.3 Å². The lowest BCUT2D eigenvalue weighted by Gasteiger charge is -2.12. The van der Waals surface area contributed by atoms with Crippen molar-refractivity contribution in [2.75, 3.05) is 0 Å². The molecule has 2 aromatic rings. The van der Waals surface area contributed by atoms with Crippen LogP contribution in [-0.2, 0) is 0 Å². The van der Waals surface area contributed by atoms with Gasteiger partial charge in [0.2, 0.25) is 0 Å². The quantitative estimate of drug-likeness (QED) is 0.806. The van der Waals surface area contributed by atoms with Crippen molar-refractivity contribution in [3.63, 3.8) is 0 Å². The highest BCUT2D eigenvalue weighted by molar-refractivity contribution is 5.99. The van der Waals surface area contributed by atoms with Crippen LogP contribution in [0.2, 0.25) is 0 Å². The number of amides is 1. The van der Waals surface area contributed by atoms with Crippen LogP contribution >= 0.6 is 0 Å². The lowest BCUT2D eigenvalue weighted by atomic mass is 10.1. The Morgan fingerprint density at radius 3 is 3.00 bits per heavy atom. The number of nitrogens with two attached hydrogens (primary N) is 1. The number of aromatic amines is 1. The summed E-state index contributed by atoms with van der Waals surface area (Å²) in [5, 5.41) is 10.0. The summed E-state index contributed by atoms with van der Waals surface area (Å²) in [6.07, 6.45) is 4.36. The van der Waals surface area contributed by atoms with E-state index in [1.165, 1.54) is 0 Å². The maximum absolute atomic E-state index is 12.4. The molecule has 5 nitrogen and oxygen atoms in total. The first-order chi connectivity index (χ1) is 10.1. The Labute approximate surface area is 123 Å². The molecular formula is C16H20N4O. The number of nitrogens with zero attached hydrogens (tertiary/aromatic N) is 1. The third kappa shape index (κ3) is 2.97. The summed E-state index contributed by atoms with van der Waals surface area (Å²) >= 11 is 0. The van der Waals surface area contributed by atoms with Gasteiger partial charge in [-0.1, -0.05) is 23.8 Å². The summed E-state index contributed by atoms with van der Waals surface area (Å²) in [6, 6.07) is 8.39. The number of H-pyrrole nitrogens is 1. The molecule has 0 unspecified atom stereocenters. The second kappa shape index (κ2) is 5.69. The number of carbonyl (C=O) groups is 1. The SMILES string of the molecule is Cc1cccc(-c2[nH]ncc2C(=O)N[C@@H]2CC[C@@H](N)C2)c1. The smallest absolute Gasteiger partial charge is 0.255 e. The van der Waals surface area contributed by atoms with E-state index in [0.29, 0.717) is 5.56 Å². The monoisotopic (exact) mass is 284 g/mol. The van der Waals surface area contributed by atoms with Gasteiger partial charge < -0.3 is 11.1 Å². The standard InChI is InChI=1S/C16H20N4O/c1-10-3-2-4-11(7-10)15-14(9-18-20-15)16(21)19-13-6-5-12(17)8-13/h2-4,7,9,12-13H,5-6,8,17H2,1H3,(H,18,20)(H,19,21)/t12-,13-/m1/s1. The van der Waals surface area contributed by atoms with Crippen molar-refractivity contribution in [2.24, 2.45) is 5.73 Å². The predicted octanol–water partition coefficient (Wildman–Crippen LogP) is 1.99. The molecule has 1 aromatic heterocycles. The van der Waals surface area contributed by atoms with Gasteiger partial charge in [0.05, 0.1) is 17.5 Å². The minimum Gasteiger partial charge on any atom is -0.349 e. The van der Waals surface area contributed by atoms with Gasteiger partial charge in [-0.15, -0.1) is 0 Å². The van der Waals surface area contributed by atoms with Gasteiger partial charge in [-0.2, -0.15) is 5.10 Å². The molecule has 0 radical (unpaired) electrons. The molecule has 0 bridgehead atoms. The Morgan fingerprint density at radius 2 is 2.29 bits per heavy atom. The lowest BCUT2D eigenvalue weighted by molar-refractivity contribution is 0.0938. The Hall–Kier alpha value is -2.14. The molecule has 1 aliphatic carbocycles. The summed E-state index contributed by atoms with van der Waals surface area (Å²) < 4.78 is 0. The molecule has 2 atom stereocenters. The van der Waals surface area contributed by atoms with Crippen molar-refractivity contribution >= 4 is 5.91 Å². The second-order valence-electron chi connectivity index (χ2n) is 5.77. The number of hydrogen-bond acceptors (Lipinski definition) is 3. The highest BCUT2D eigenvalue weighted by atomic mass is 16.1. The van der Waals surface area contributed by atoms with E-state index < -0.39 is 0 Å². The molecule has 0 spiro atoms. The second-order valence-corrected chi connectivity index (χ2v) is 5.77. The molecule has 0 aliphatic heterocycles. The van der Waals surface area contributed by atoms with Crippen molar-refractivity contribution in [3.05, 3.63) is 41.6 Å². The van der Waals surface area contributed by atoms with Crippen LogP contribution in [0.1, 0.15) is 35.2 Å². The highest BCUT2D eigenvalue weighted by Crippen LogP contribution is 2.23. The topological polar surface area (TPSA) is 83.8 Å². The molecule has 3 rings (SSSR count). The summed E-state index contributed by atoms with van der Waals surface area (Å²) in [6.45, 7) is 2.03. The number of hydrogen-bond donors (Lipinski definition) is 3.